The van der Waals surface area contributed by atoms with Crippen LogP contribution in [0.25, 0.3) is 11.0 Å². The quantitative estimate of drug-likeness (QED) is 0.488. The lowest BCUT2D eigenvalue weighted by Gasteiger charge is -2.12. The molecule has 1 fully saturated rings. The first kappa shape index (κ1) is 13.7. The Morgan fingerprint density at radius 3 is 2.80 bits per heavy atom. The van der Waals surface area contributed by atoms with Crippen LogP contribution in [0.5, 0.6) is 0 Å². The first-order chi connectivity index (χ1) is 9.51. The van der Waals surface area contributed by atoms with Gasteiger partial charge < -0.3 is 26.4 Å². The molecular formula is C10H13IN6O3. The average Bonchev–Trinajstić information content (AvgIpc) is 2.90. The predicted octanol–water partition coefficient (Wildman–Crippen LogP) is -0.764. The van der Waals surface area contributed by atoms with Crippen molar-refractivity contribution in [2.45, 2.75) is 24.9 Å². The Morgan fingerprint density at radius 1 is 1.40 bits per heavy atom. The smallest absolute Gasteiger partial charge is 0.224 e. The van der Waals surface area contributed by atoms with Crippen LogP contribution < -0.4 is 11.5 Å². The Morgan fingerprint density at radius 2 is 2.15 bits per heavy atom. The van der Waals surface area contributed by atoms with Crippen molar-refractivity contribution < 1.29 is 14.9 Å². The maximum absolute atomic E-state index is 9.80. The fourth-order valence-corrected chi connectivity index (χ4v) is 3.02. The number of halogens is 1. The molecule has 3 rings (SSSR count). The second-order valence-electron chi connectivity index (χ2n) is 4.52. The summed E-state index contributed by atoms with van der Waals surface area (Å²) in [5.74, 6) is 0.296. The third-order valence-electron chi connectivity index (χ3n) is 3.21. The highest BCUT2D eigenvalue weighted by Gasteiger charge is 2.36. The lowest BCUT2D eigenvalue weighted by atomic mass is 10.2. The zero-order valence-electron chi connectivity index (χ0n) is 10.3. The molecule has 1 aliphatic heterocycles. The minimum Gasteiger partial charge on any atom is -0.394 e. The monoisotopic (exact) mass is 392 g/mol. The van der Waals surface area contributed by atoms with Crippen molar-refractivity contribution in [2.75, 3.05) is 18.1 Å². The van der Waals surface area contributed by atoms with Gasteiger partial charge in [0.15, 0.2) is 11.9 Å². The molecule has 20 heavy (non-hydrogen) atoms. The fraction of sp³-hybridized carbons (Fsp3) is 0.500. The van der Waals surface area contributed by atoms with E-state index in [0.29, 0.717) is 21.2 Å². The number of nitrogens with zero attached hydrogens (tertiary/aromatic N) is 4. The molecule has 2 aromatic heterocycles. The first-order valence-corrected chi connectivity index (χ1v) is 7.00. The summed E-state index contributed by atoms with van der Waals surface area (Å²) in [7, 11) is 0. The van der Waals surface area contributed by atoms with Crippen molar-refractivity contribution in [3.05, 3.63) is 3.70 Å². The van der Waals surface area contributed by atoms with Gasteiger partial charge in [-0.15, -0.1) is 0 Å². The zero-order chi connectivity index (χ0) is 14.4. The number of ether oxygens (including phenoxy) is 1. The van der Waals surface area contributed by atoms with E-state index in [1.807, 2.05) is 22.6 Å². The lowest BCUT2D eigenvalue weighted by molar-refractivity contribution is -0.0471. The molecule has 0 aliphatic carbocycles. The van der Waals surface area contributed by atoms with E-state index in [-0.39, 0.29) is 18.4 Å². The molecule has 0 aromatic carbocycles. The van der Waals surface area contributed by atoms with Gasteiger partial charge in [0, 0.05) is 6.42 Å². The number of aliphatic hydroxyl groups excluding tert-OH is 2. The Kier molecular flexibility index (Phi) is 3.40. The number of fused-ring (bicyclic) bond motifs is 1. The minimum absolute atomic E-state index is 0.0461. The molecule has 0 radical (unpaired) electrons. The van der Waals surface area contributed by atoms with E-state index in [2.05, 4.69) is 15.1 Å². The molecular weight excluding hydrogens is 379 g/mol. The normalized spacial score (nSPS) is 26.4. The standard InChI is InChI=1S/C10H13IN6O3/c11-7-6-8(12)14-10(13)15-9(6)17(16-7)5-1-3(19)4(2-18)20-5/h3-5,18-19H,1-2H2,(H4,12,13,14,15)/t3-,4+,5?/m0/s1. The summed E-state index contributed by atoms with van der Waals surface area (Å²) >= 11 is 2.02. The summed E-state index contributed by atoms with van der Waals surface area (Å²) in [5, 5.41) is 23.9. The van der Waals surface area contributed by atoms with E-state index < -0.39 is 18.4 Å². The van der Waals surface area contributed by atoms with E-state index in [4.69, 9.17) is 21.3 Å². The average molecular weight is 392 g/mol. The predicted molar refractivity (Wildman–Crippen MR) is 78.5 cm³/mol. The van der Waals surface area contributed by atoms with Gasteiger partial charge in [-0.2, -0.15) is 15.1 Å². The molecule has 2 aromatic rings. The highest BCUT2D eigenvalue weighted by Crippen LogP contribution is 2.33. The molecule has 0 bridgehead atoms. The Labute approximate surface area is 127 Å². The SMILES string of the molecule is Nc1nc(N)c2c(I)nn(C3C[C@H](O)[C@@H](CO)O3)c2n1. The van der Waals surface area contributed by atoms with Crippen molar-refractivity contribution in [3.63, 3.8) is 0 Å². The van der Waals surface area contributed by atoms with Crippen LogP contribution >= 0.6 is 22.6 Å². The van der Waals surface area contributed by atoms with Gasteiger partial charge in [0.1, 0.15) is 15.6 Å². The van der Waals surface area contributed by atoms with Gasteiger partial charge in [-0.1, -0.05) is 0 Å². The van der Waals surface area contributed by atoms with E-state index in [1.165, 1.54) is 4.68 Å². The molecule has 1 saturated heterocycles. The maximum atomic E-state index is 9.80. The van der Waals surface area contributed by atoms with Crippen molar-refractivity contribution in [2.24, 2.45) is 0 Å². The van der Waals surface area contributed by atoms with Crippen LogP contribution in [0.4, 0.5) is 11.8 Å². The first-order valence-electron chi connectivity index (χ1n) is 5.92. The summed E-state index contributed by atoms with van der Waals surface area (Å²) in [6.45, 7) is -0.257. The number of hydrogen-bond donors (Lipinski definition) is 4. The molecule has 10 heteroatoms. The lowest BCUT2D eigenvalue weighted by Crippen LogP contribution is -2.24. The number of nitrogens with two attached hydrogens (primary N) is 2. The summed E-state index contributed by atoms with van der Waals surface area (Å²) in [4.78, 5) is 8.04. The molecule has 3 atom stereocenters. The Balaban J connectivity index is 2.09. The number of hydrogen-bond acceptors (Lipinski definition) is 8. The zero-order valence-corrected chi connectivity index (χ0v) is 12.4. The van der Waals surface area contributed by atoms with Crippen LogP contribution in [-0.2, 0) is 4.74 Å². The third-order valence-corrected chi connectivity index (χ3v) is 3.97. The van der Waals surface area contributed by atoms with Crippen LogP contribution in [-0.4, -0.2) is 48.8 Å². The molecule has 1 aliphatic rings. The second-order valence-corrected chi connectivity index (χ2v) is 5.54. The molecule has 0 amide bonds. The third kappa shape index (κ3) is 2.08. The Hall–Kier alpha value is -1.24. The van der Waals surface area contributed by atoms with Gasteiger partial charge in [-0.3, -0.25) is 0 Å². The number of aromatic nitrogens is 4. The summed E-state index contributed by atoms with van der Waals surface area (Å²) in [6, 6.07) is 0. The summed E-state index contributed by atoms with van der Waals surface area (Å²) in [5.41, 5.74) is 11.9. The van der Waals surface area contributed by atoms with E-state index in [9.17, 15) is 5.11 Å². The summed E-state index contributed by atoms with van der Waals surface area (Å²) in [6.07, 6.45) is -1.60. The van der Waals surface area contributed by atoms with Crippen molar-refractivity contribution >= 4 is 45.4 Å². The van der Waals surface area contributed by atoms with Gasteiger partial charge in [0.25, 0.3) is 0 Å². The van der Waals surface area contributed by atoms with Gasteiger partial charge in [-0.05, 0) is 22.6 Å². The van der Waals surface area contributed by atoms with Crippen molar-refractivity contribution in [1.82, 2.24) is 19.7 Å². The van der Waals surface area contributed by atoms with Gasteiger partial charge in [-0.25, -0.2) is 4.68 Å². The maximum Gasteiger partial charge on any atom is 0.224 e. The molecule has 108 valence electrons. The molecule has 6 N–H and O–H groups in total. The number of rotatable bonds is 2. The van der Waals surface area contributed by atoms with Crippen molar-refractivity contribution in [3.8, 4) is 0 Å². The molecule has 3 heterocycles. The minimum atomic E-state index is -0.751. The largest absolute Gasteiger partial charge is 0.394 e. The molecule has 1 unspecified atom stereocenters. The van der Waals surface area contributed by atoms with Crippen LogP contribution in [0.2, 0.25) is 0 Å². The van der Waals surface area contributed by atoms with Crippen LogP contribution in [0.15, 0.2) is 0 Å². The summed E-state index contributed by atoms with van der Waals surface area (Å²) < 4.78 is 7.71. The van der Waals surface area contributed by atoms with Crippen LogP contribution in [0.3, 0.4) is 0 Å². The van der Waals surface area contributed by atoms with Crippen molar-refractivity contribution in [1.29, 1.82) is 0 Å². The molecule has 9 nitrogen and oxygen atoms in total. The second kappa shape index (κ2) is 4.95. The van der Waals surface area contributed by atoms with Crippen LogP contribution in [0.1, 0.15) is 12.6 Å². The van der Waals surface area contributed by atoms with Gasteiger partial charge >= 0.3 is 0 Å². The van der Waals surface area contributed by atoms with E-state index >= 15 is 0 Å². The fourth-order valence-electron chi connectivity index (χ4n) is 2.27. The topological polar surface area (TPSA) is 145 Å². The highest BCUT2D eigenvalue weighted by molar-refractivity contribution is 14.1. The molecule has 0 saturated carbocycles. The number of aliphatic hydroxyl groups is 2. The van der Waals surface area contributed by atoms with E-state index in [1.54, 1.807) is 0 Å². The number of anilines is 2. The molecule has 0 spiro atoms. The Bertz CT molecular complexity index is 662. The number of nitrogen functional groups attached to an aromatic ring is 2. The highest BCUT2D eigenvalue weighted by atomic mass is 127. The van der Waals surface area contributed by atoms with Crippen LogP contribution in [0, 0.1) is 3.70 Å². The van der Waals surface area contributed by atoms with Gasteiger partial charge in [0.2, 0.25) is 5.95 Å². The van der Waals surface area contributed by atoms with Gasteiger partial charge in [0.05, 0.1) is 18.1 Å². The van der Waals surface area contributed by atoms with E-state index in [0.717, 1.165) is 0 Å².